The van der Waals surface area contributed by atoms with Gasteiger partial charge in [-0.3, -0.25) is 9.52 Å². The number of rotatable bonds is 7. The Bertz CT molecular complexity index is 1360. The lowest BCUT2D eigenvalue weighted by molar-refractivity contribution is 0.0607. The molecule has 1 aromatic carbocycles. The van der Waals surface area contributed by atoms with E-state index in [9.17, 15) is 13.2 Å². The van der Waals surface area contributed by atoms with Gasteiger partial charge in [0.2, 0.25) is 10.0 Å². The van der Waals surface area contributed by atoms with E-state index in [1.54, 1.807) is 15.5 Å². The molecule has 0 saturated carbocycles. The first-order chi connectivity index (χ1) is 16.6. The highest BCUT2D eigenvalue weighted by molar-refractivity contribution is 7.92. The van der Waals surface area contributed by atoms with Crippen LogP contribution in [0, 0.1) is 6.92 Å². The van der Waals surface area contributed by atoms with E-state index >= 15 is 0 Å². The van der Waals surface area contributed by atoms with Gasteiger partial charge in [-0.25, -0.2) is 17.9 Å². The summed E-state index contributed by atoms with van der Waals surface area (Å²) in [5.41, 5.74) is 2.87. The Morgan fingerprint density at radius 3 is 2.77 bits per heavy atom. The number of halogens is 1. The molecule has 188 valence electrons. The number of hydrogen-bond acceptors (Lipinski definition) is 6. The Balaban J connectivity index is 1.69. The molecule has 0 spiro atoms. The van der Waals surface area contributed by atoms with Gasteiger partial charge in [-0.1, -0.05) is 18.5 Å². The van der Waals surface area contributed by atoms with E-state index in [1.165, 1.54) is 12.1 Å². The summed E-state index contributed by atoms with van der Waals surface area (Å²) in [6.07, 6.45) is 6.54. The maximum Gasteiger partial charge on any atom is 0.256 e. The molecule has 1 amide bonds. The second-order valence-corrected chi connectivity index (χ2v) is 11.4. The number of carbonyl (C=O) groups excluding carboxylic acids is 1. The lowest BCUT2D eigenvalue weighted by Gasteiger charge is -2.35. The molecule has 0 unspecified atom stereocenters. The zero-order valence-electron chi connectivity index (χ0n) is 20.4. The van der Waals surface area contributed by atoms with Crippen LogP contribution in [0.1, 0.15) is 67.2 Å². The maximum atomic E-state index is 13.7. The lowest BCUT2D eigenvalue weighted by Crippen LogP contribution is -2.39. The van der Waals surface area contributed by atoms with Crippen LogP contribution in [0.15, 0.2) is 30.5 Å². The number of aromatic nitrogens is 3. The van der Waals surface area contributed by atoms with Gasteiger partial charge in [0.05, 0.1) is 29.2 Å². The van der Waals surface area contributed by atoms with Crippen LogP contribution in [0.5, 0.6) is 0 Å². The number of amides is 1. The first-order valence-corrected chi connectivity index (χ1v) is 14.0. The predicted octanol–water partition coefficient (Wildman–Crippen LogP) is 4.64. The number of benzene rings is 1. The second-order valence-electron chi connectivity index (χ2n) is 9.17. The van der Waals surface area contributed by atoms with Crippen LogP contribution in [0.4, 0.5) is 11.5 Å². The number of likely N-dealkylation sites (tertiary alicyclic amines) is 1. The van der Waals surface area contributed by atoms with Crippen LogP contribution >= 0.6 is 11.6 Å². The number of fused-ring (bicyclic) bond motifs is 1. The number of carbonyl (C=O) groups is 1. The van der Waals surface area contributed by atoms with Crippen LogP contribution in [-0.2, 0) is 10.0 Å². The number of aryl methyl sites for hydroxylation is 1. The molecule has 0 aliphatic carbocycles. The molecule has 3 aromatic rings. The summed E-state index contributed by atoms with van der Waals surface area (Å²) in [5, 5.41) is 8.55. The zero-order valence-corrected chi connectivity index (χ0v) is 21.9. The van der Waals surface area contributed by atoms with Crippen LogP contribution in [0.25, 0.3) is 5.65 Å². The molecule has 3 heterocycles. The standard InChI is InChI=1S/C24H31ClN6O3S/c1-5-16(3)26-23-15(2)14-31-22(27-23)13-20(28-31)21-8-6-7-11-30(21)24(32)18-12-17(25)9-10-19(18)29-35(4,33)34/h9-10,12-14,16,21,29H,5-8,11H2,1-4H3,(H,26,27)/t16-,21-/m0/s1. The molecule has 1 saturated heterocycles. The van der Waals surface area contributed by atoms with Crippen LogP contribution in [-0.4, -0.2) is 52.7 Å². The van der Waals surface area contributed by atoms with Gasteiger partial charge in [0.25, 0.3) is 5.91 Å². The Morgan fingerprint density at radius 2 is 2.06 bits per heavy atom. The van der Waals surface area contributed by atoms with Gasteiger partial charge in [-0.15, -0.1) is 0 Å². The van der Waals surface area contributed by atoms with Crippen molar-refractivity contribution < 1.29 is 13.2 Å². The van der Waals surface area contributed by atoms with Gasteiger partial charge < -0.3 is 10.2 Å². The largest absolute Gasteiger partial charge is 0.367 e. The van der Waals surface area contributed by atoms with E-state index < -0.39 is 10.0 Å². The van der Waals surface area contributed by atoms with E-state index in [1.807, 2.05) is 19.2 Å². The van der Waals surface area contributed by atoms with Gasteiger partial charge in [-0.05, 0) is 57.7 Å². The van der Waals surface area contributed by atoms with E-state index in [0.717, 1.165) is 49.0 Å². The lowest BCUT2D eigenvalue weighted by atomic mass is 9.98. The Morgan fingerprint density at radius 1 is 1.29 bits per heavy atom. The molecule has 2 atom stereocenters. The smallest absolute Gasteiger partial charge is 0.256 e. The summed E-state index contributed by atoms with van der Waals surface area (Å²) < 4.78 is 27.9. The topological polar surface area (TPSA) is 109 Å². The third-order valence-electron chi connectivity index (χ3n) is 6.26. The number of nitrogens with one attached hydrogen (secondary N) is 2. The highest BCUT2D eigenvalue weighted by atomic mass is 35.5. The van der Waals surface area contributed by atoms with Crippen LogP contribution in [0.3, 0.4) is 0 Å². The van der Waals surface area contributed by atoms with Crippen molar-refractivity contribution in [1.29, 1.82) is 0 Å². The number of sulfonamides is 1. The average Bonchev–Trinajstić information content (AvgIpc) is 3.21. The molecular formula is C24H31ClN6O3S. The Labute approximate surface area is 210 Å². The highest BCUT2D eigenvalue weighted by Gasteiger charge is 2.32. The number of anilines is 2. The van der Waals surface area contributed by atoms with Gasteiger partial charge in [0.1, 0.15) is 5.82 Å². The molecule has 4 rings (SSSR count). The summed E-state index contributed by atoms with van der Waals surface area (Å²) in [6.45, 7) is 6.76. The molecule has 1 fully saturated rings. The molecular weight excluding hydrogens is 488 g/mol. The minimum Gasteiger partial charge on any atom is -0.367 e. The summed E-state index contributed by atoms with van der Waals surface area (Å²) in [5.74, 6) is 0.536. The van der Waals surface area contributed by atoms with Crippen molar-refractivity contribution in [1.82, 2.24) is 19.5 Å². The SMILES string of the molecule is CC[C@H](C)Nc1nc2cc([C@@H]3CCCCN3C(=O)c3cc(Cl)ccc3NS(C)(=O)=O)nn2cc1C. The minimum absolute atomic E-state index is 0.208. The molecule has 11 heteroatoms. The molecule has 1 aliphatic rings. The van der Waals surface area contributed by atoms with Gasteiger partial charge >= 0.3 is 0 Å². The fraction of sp³-hybridized carbons (Fsp3) is 0.458. The molecule has 2 N–H and O–H groups in total. The third kappa shape index (κ3) is 5.70. The fourth-order valence-corrected chi connectivity index (χ4v) is 5.04. The van der Waals surface area contributed by atoms with Crippen molar-refractivity contribution in [2.45, 2.75) is 58.5 Å². The summed E-state index contributed by atoms with van der Waals surface area (Å²) in [4.78, 5) is 20.2. The number of hydrogen-bond donors (Lipinski definition) is 2. The van der Waals surface area contributed by atoms with E-state index in [4.69, 9.17) is 21.7 Å². The first-order valence-electron chi connectivity index (χ1n) is 11.8. The second kappa shape index (κ2) is 10.0. The number of nitrogens with zero attached hydrogens (tertiary/aromatic N) is 4. The van der Waals surface area contributed by atoms with Crippen molar-refractivity contribution in [3.8, 4) is 0 Å². The molecule has 1 aliphatic heterocycles. The van der Waals surface area contributed by atoms with Crippen molar-refractivity contribution in [3.63, 3.8) is 0 Å². The van der Waals surface area contributed by atoms with E-state index in [0.29, 0.717) is 23.3 Å². The molecule has 0 bridgehead atoms. The van der Waals surface area contributed by atoms with E-state index in [2.05, 4.69) is 23.9 Å². The quantitative estimate of drug-likeness (QED) is 0.471. The normalized spacial score (nSPS) is 17.4. The zero-order chi connectivity index (χ0) is 25.3. The monoisotopic (exact) mass is 518 g/mol. The van der Waals surface area contributed by atoms with Crippen molar-refractivity contribution in [2.75, 3.05) is 22.8 Å². The van der Waals surface area contributed by atoms with Gasteiger partial charge in [0, 0.05) is 35.4 Å². The van der Waals surface area contributed by atoms with Gasteiger partial charge in [-0.2, -0.15) is 5.10 Å². The van der Waals surface area contributed by atoms with Crippen LogP contribution in [0.2, 0.25) is 5.02 Å². The molecule has 2 aromatic heterocycles. The summed E-state index contributed by atoms with van der Waals surface area (Å²) >= 11 is 6.18. The fourth-order valence-electron chi connectivity index (χ4n) is 4.29. The Kier molecular flexibility index (Phi) is 7.23. The van der Waals surface area contributed by atoms with Crippen molar-refractivity contribution in [3.05, 3.63) is 52.3 Å². The summed E-state index contributed by atoms with van der Waals surface area (Å²) in [6, 6.07) is 6.54. The third-order valence-corrected chi connectivity index (χ3v) is 7.08. The van der Waals surface area contributed by atoms with Crippen LogP contribution < -0.4 is 10.0 Å². The highest BCUT2D eigenvalue weighted by Crippen LogP contribution is 2.34. The molecule has 9 nitrogen and oxygen atoms in total. The molecule has 35 heavy (non-hydrogen) atoms. The van der Waals surface area contributed by atoms with Crippen molar-refractivity contribution >= 4 is 44.7 Å². The maximum absolute atomic E-state index is 13.7. The predicted molar refractivity (Wildman–Crippen MR) is 139 cm³/mol. The first kappa shape index (κ1) is 25.2. The average molecular weight is 519 g/mol. The molecule has 0 radical (unpaired) electrons. The van der Waals surface area contributed by atoms with Gasteiger partial charge in [0.15, 0.2) is 5.65 Å². The Hall–Kier alpha value is -2.85. The number of piperidine rings is 1. The minimum atomic E-state index is -3.57. The summed E-state index contributed by atoms with van der Waals surface area (Å²) in [7, 11) is -3.57. The van der Waals surface area contributed by atoms with E-state index in [-0.39, 0.29) is 23.2 Å². The van der Waals surface area contributed by atoms with Crippen molar-refractivity contribution in [2.24, 2.45) is 0 Å².